The van der Waals surface area contributed by atoms with Crippen LogP contribution in [0.15, 0.2) is 54.6 Å². The molecule has 0 aromatic heterocycles. The predicted octanol–water partition coefficient (Wildman–Crippen LogP) is 4.13. The van der Waals surface area contributed by atoms with Crippen LogP contribution < -0.4 is 15.4 Å². The summed E-state index contributed by atoms with van der Waals surface area (Å²) in [5.74, 6) is 0.835. The van der Waals surface area contributed by atoms with Crippen molar-refractivity contribution < 1.29 is 4.74 Å². The first kappa shape index (κ1) is 15.3. The average Bonchev–Trinajstić information content (AvgIpc) is 2.48. The summed E-state index contributed by atoms with van der Waals surface area (Å²) in [5.41, 5.74) is 2.11. The van der Waals surface area contributed by atoms with E-state index in [1.165, 1.54) is 5.56 Å². The third-order valence-corrected chi connectivity index (χ3v) is 3.27. The molecular formula is C17H20N2OS. The third kappa shape index (κ3) is 4.76. The molecule has 0 fully saturated rings. The molecule has 1 atom stereocenters. The standard InChI is InChI=1S/C17H20N2OS/c1-3-20-16-11-7-10-15(12-16)19-17(21)18-13(2)14-8-5-4-6-9-14/h4-13H,3H2,1-2H3,(H2,18,19,21)/t13-/m1/s1. The molecule has 4 heteroatoms. The van der Waals surface area contributed by atoms with Gasteiger partial charge in [-0.15, -0.1) is 0 Å². The lowest BCUT2D eigenvalue weighted by Gasteiger charge is -2.17. The van der Waals surface area contributed by atoms with Gasteiger partial charge in [0.15, 0.2) is 5.11 Å². The molecular weight excluding hydrogens is 280 g/mol. The first-order valence-electron chi connectivity index (χ1n) is 7.04. The minimum Gasteiger partial charge on any atom is -0.494 e. The van der Waals surface area contributed by atoms with Crippen molar-refractivity contribution in [3.8, 4) is 5.75 Å². The Morgan fingerprint density at radius 2 is 1.90 bits per heavy atom. The lowest BCUT2D eigenvalue weighted by atomic mass is 10.1. The molecule has 0 aliphatic rings. The van der Waals surface area contributed by atoms with Gasteiger partial charge in [-0.05, 0) is 43.8 Å². The Bertz CT molecular complexity index is 586. The second-order valence-corrected chi connectivity index (χ2v) is 5.10. The smallest absolute Gasteiger partial charge is 0.171 e. The summed E-state index contributed by atoms with van der Waals surface area (Å²) < 4.78 is 5.47. The van der Waals surface area contributed by atoms with E-state index in [-0.39, 0.29) is 6.04 Å². The van der Waals surface area contributed by atoms with Gasteiger partial charge in [0.05, 0.1) is 12.6 Å². The number of hydrogen-bond donors (Lipinski definition) is 2. The molecule has 0 bridgehead atoms. The number of thiocarbonyl (C=S) groups is 1. The molecule has 0 heterocycles. The highest BCUT2D eigenvalue weighted by molar-refractivity contribution is 7.80. The molecule has 21 heavy (non-hydrogen) atoms. The quantitative estimate of drug-likeness (QED) is 0.813. The van der Waals surface area contributed by atoms with E-state index >= 15 is 0 Å². The number of benzene rings is 2. The molecule has 3 nitrogen and oxygen atoms in total. The van der Waals surface area contributed by atoms with E-state index in [1.54, 1.807) is 0 Å². The van der Waals surface area contributed by atoms with E-state index in [0.717, 1.165) is 11.4 Å². The van der Waals surface area contributed by atoms with Crippen molar-refractivity contribution in [2.75, 3.05) is 11.9 Å². The molecule has 110 valence electrons. The van der Waals surface area contributed by atoms with Gasteiger partial charge < -0.3 is 15.4 Å². The van der Waals surface area contributed by atoms with E-state index in [2.05, 4.69) is 29.7 Å². The van der Waals surface area contributed by atoms with Crippen LogP contribution in [0.1, 0.15) is 25.5 Å². The summed E-state index contributed by atoms with van der Waals surface area (Å²) in [6.45, 7) is 4.70. The zero-order valence-electron chi connectivity index (χ0n) is 12.3. The lowest BCUT2D eigenvalue weighted by molar-refractivity contribution is 0.340. The highest BCUT2D eigenvalue weighted by Gasteiger charge is 2.06. The van der Waals surface area contributed by atoms with Crippen LogP contribution in [0.4, 0.5) is 5.69 Å². The van der Waals surface area contributed by atoms with Gasteiger partial charge in [-0.25, -0.2) is 0 Å². The fraction of sp³-hybridized carbons (Fsp3) is 0.235. The Kier molecular flexibility index (Phi) is 5.58. The van der Waals surface area contributed by atoms with Crippen molar-refractivity contribution in [2.24, 2.45) is 0 Å². The Morgan fingerprint density at radius 3 is 2.62 bits per heavy atom. The van der Waals surface area contributed by atoms with Crippen LogP contribution >= 0.6 is 12.2 Å². The van der Waals surface area contributed by atoms with Gasteiger partial charge in [0, 0.05) is 11.8 Å². The zero-order valence-corrected chi connectivity index (χ0v) is 13.1. The van der Waals surface area contributed by atoms with E-state index in [4.69, 9.17) is 17.0 Å². The van der Waals surface area contributed by atoms with Gasteiger partial charge in [-0.2, -0.15) is 0 Å². The topological polar surface area (TPSA) is 33.3 Å². The molecule has 0 saturated carbocycles. The van der Waals surface area contributed by atoms with Crippen LogP contribution in [-0.4, -0.2) is 11.7 Å². The molecule has 0 amide bonds. The second kappa shape index (κ2) is 7.64. The van der Waals surface area contributed by atoms with E-state index in [0.29, 0.717) is 11.7 Å². The molecule has 2 aromatic rings. The third-order valence-electron chi connectivity index (χ3n) is 3.05. The van der Waals surface area contributed by atoms with Crippen LogP contribution in [-0.2, 0) is 0 Å². The normalized spacial score (nSPS) is 11.5. The maximum absolute atomic E-state index is 5.47. The summed E-state index contributed by atoms with van der Waals surface area (Å²) >= 11 is 5.36. The van der Waals surface area contributed by atoms with Crippen molar-refractivity contribution in [1.29, 1.82) is 0 Å². The maximum Gasteiger partial charge on any atom is 0.171 e. The Hall–Kier alpha value is -2.07. The van der Waals surface area contributed by atoms with Crippen LogP contribution in [0.25, 0.3) is 0 Å². The molecule has 0 spiro atoms. The molecule has 2 rings (SSSR count). The number of nitrogens with one attached hydrogen (secondary N) is 2. The van der Waals surface area contributed by atoms with Gasteiger partial charge in [-0.3, -0.25) is 0 Å². The van der Waals surface area contributed by atoms with Gasteiger partial charge in [-0.1, -0.05) is 36.4 Å². The fourth-order valence-corrected chi connectivity index (χ4v) is 2.31. The molecule has 0 aliphatic carbocycles. The van der Waals surface area contributed by atoms with Gasteiger partial charge in [0.1, 0.15) is 5.75 Å². The molecule has 0 unspecified atom stereocenters. The fourth-order valence-electron chi connectivity index (χ4n) is 2.02. The number of anilines is 1. The first-order chi connectivity index (χ1) is 10.2. The minimum atomic E-state index is 0.154. The number of ether oxygens (including phenoxy) is 1. The summed E-state index contributed by atoms with van der Waals surface area (Å²) in [6.07, 6.45) is 0. The number of rotatable bonds is 5. The molecule has 0 radical (unpaired) electrons. The van der Waals surface area contributed by atoms with Crippen LogP contribution in [0, 0.1) is 0 Å². The van der Waals surface area contributed by atoms with E-state index in [9.17, 15) is 0 Å². The SMILES string of the molecule is CCOc1cccc(NC(=S)N[C@H](C)c2ccccc2)c1. The van der Waals surface area contributed by atoms with Gasteiger partial charge in [0.2, 0.25) is 0 Å². The Labute approximate surface area is 131 Å². The van der Waals surface area contributed by atoms with Gasteiger partial charge in [0.25, 0.3) is 0 Å². The van der Waals surface area contributed by atoms with Crippen LogP contribution in [0.2, 0.25) is 0 Å². The molecule has 2 N–H and O–H groups in total. The van der Waals surface area contributed by atoms with Crippen molar-refractivity contribution in [3.63, 3.8) is 0 Å². The van der Waals surface area contributed by atoms with Crippen LogP contribution in [0.5, 0.6) is 5.75 Å². The molecule has 2 aromatic carbocycles. The highest BCUT2D eigenvalue weighted by Crippen LogP contribution is 2.18. The second-order valence-electron chi connectivity index (χ2n) is 4.69. The van der Waals surface area contributed by atoms with Crippen LogP contribution in [0.3, 0.4) is 0 Å². The monoisotopic (exact) mass is 300 g/mol. The minimum absolute atomic E-state index is 0.154. The van der Waals surface area contributed by atoms with Crippen molar-refractivity contribution in [1.82, 2.24) is 5.32 Å². The molecule has 0 saturated heterocycles. The number of hydrogen-bond acceptors (Lipinski definition) is 2. The van der Waals surface area contributed by atoms with Crippen molar-refractivity contribution >= 4 is 23.0 Å². The lowest BCUT2D eigenvalue weighted by Crippen LogP contribution is -2.30. The van der Waals surface area contributed by atoms with Crippen molar-refractivity contribution in [3.05, 3.63) is 60.2 Å². The Balaban J connectivity index is 1.94. The summed E-state index contributed by atoms with van der Waals surface area (Å²) in [6, 6.07) is 18.1. The average molecular weight is 300 g/mol. The largest absolute Gasteiger partial charge is 0.494 e. The van der Waals surface area contributed by atoms with Gasteiger partial charge >= 0.3 is 0 Å². The first-order valence-corrected chi connectivity index (χ1v) is 7.45. The Morgan fingerprint density at radius 1 is 1.14 bits per heavy atom. The molecule has 0 aliphatic heterocycles. The van der Waals surface area contributed by atoms with E-state index < -0.39 is 0 Å². The summed E-state index contributed by atoms with van der Waals surface area (Å²) in [4.78, 5) is 0. The highest BCUT2D eigenvalue weighted by atomic mass is 32.1. The van der Waals surface area contributed by atoms with E-state index in [1.807, 2.05) is 49.4 Å². The predicted molar refractivity (Wildman–Crippen MR) is 91.8 cm³/mol. The maximum atomic E-state index is 5.47. The van der Waals surface area contributed by atoms with Crippen molar-refractivity contribution in [2.45, 2.75) is 19.9 Å². The zero-order chi connectivity index (χ0) is 15.1. The summed E-state index contributed by atoms with van der Waals surface area (Å²) in [7, 11) is 0. The summed E-state index contributed by atoms with van der Waals surface area (Å²) in [5, 5.41) is 7.05.